The average Bonchev–Trinajstić information content (AvgIpc) is 3.38. The van der Waals surface area contributed by atoms with Crippen molar-refractivity contribution in [3.8, 4) is 11.5 Å². The molecule has 2 amide bonds. The van der Waals surface area contributed by atoms with Crippen LogP contribution in [0.4, 0.5) is 5.69 Å². The van der Waals surface area contributed by atoms with Crippen LogP contribution in [-0.4, -0.2) is 54.2 Å². The van der Waals surface area contributed by atoms with E-state index in [2.05, 4.69) is 6.92 Å². The number of amides is 2. The lowest BCUT2D eigenvalue weighted by atomic mass is 9.86. The van der Waals surface area contributed by atoms with E-state index in [0.29, 0.717) is 47.3 Å². The van der Waals surface area contributed by atoms with E-state index in [1.807, 2.05) is 55.5 Å². The summed E-state index contributed by atoms with van der Waals surface area (Å²) in [6, 6.07) is 18.1. The molecule has 0 aromatic heterocycles. The van der Waals surface area contributed by atoms with Crippen molar-refractivity contribution in [3.63, 3.8) is 0 Å². The topological polar surface area (TPSA) is 79.3 Å². The largest absolute Gasteiger partial charge is 0.493 e. The summed E-state index contributed by atoms with van der Waals surface area (Å²) in [5, 5.41) is 10.4. The molecular formula is C31H33ClN2O5. The van der Waals surface area contributed by atoms with Crippen LogP contribution < -0.4 is 14.4 Å². The minimum absolute atomic E-state index is 0.00550. The first-order chi connectivity index (χ1) is 18.8. The molecule has 2 unspecified atom stereocenters. The molecule has 1 N–H and O–H groups in total. The van der Waals surface area contributed by atoms with Crippen molar-refractivity contribution in [2.24, 2.45) is 0 Å². The number of β-amino-alcohol motifs (C(OH)–C–C–N with tert-alkyl or cyclic N) is 1. The van der Waals surface area contributed by atoms with Crippen LogP contribution in [-0.2, 0) is 11.2 Å². The first-order valence-corrected chi connectivity index (χ1v) is 13.7. The number of aliphatic hydroxyl groups excluding tert-OH is 1. The van der Waals surface area contributed by atoms with E-state index < -0.39 is 12.1 Å². The summed E-state index contributed by atoms with van der Waals surface area (Å²) in [5.74, 6) is 1.04. The molecule has 1 fully saturated rings. The zero-order valence-electron chi connectivity index (χ0n) is 22.4. The van der Waals surface area contributed by atoms with Gasteiger partial charge in [0.2, 0.25) is 5.91 Å². The van der Waals surface area contributed by atoms with E-state index in [4.69, 9.17) is 21.1 Å². The van der Waals surface area contributed by atoms with Crippen LogP contribution in [0.3, 0.4) is 0 Å². The van der Waals surface area contributed by atoms with Crippen LogP contribution >= 0.6 is 11.6 Å². The molecule has 5 rings (SSSR count). The predicted octanol–water partition coefficient (Wildman–Crippen LogP) is 5.41. The Morgan fingerprint density at radius 3 is 2.44 bits per heavy atom. The lowest BCUT2D eigenvalue weighted by molar-refractivity contribution is -0.118. The molecule has 2 heterocycles. The third kappa shape index (κ3) is 5.47. The molecular weight excluding hydrogens is 516 g/mol. The van der Waals surface area contributed by atoms with E-state index in [9.17, 15) is 14.7 Å². The fourth-order valence-corrected chi connectivity index (χ4v) is 5.37. The Balaban J connectivity index is 1.56. The summed E-state index contributed by atoms with van der Waals surface area (Å²) in [5.41, 5.74) is 3.93. The standard InChI is InChI=1S/C31H33ClN2O5/c1-4-19(2)39-28-17-26-22(15-27(28)38-3)16-29(36)34(30(26)20-5-9-23(32)10-6-20)24-11-7-21(8-12-24)31(37)33-14-13-25(35)18-33/h5-12,15,17,19,25,30,35H,4,13-14,16,18H2,1-3H3/t19-,25?,30?/m1/s1. The number of aliphatic hydroxyl groups is 1. The molecule has 0 saturated carbocycles. The highest BCUT2D eigenvalue weighted by Crippen LogP contribution is 2.44. The second kappa shape index (κ2) is 11.3. The summed E-state index contributed by atoms with van der Waals surface area (Å²) < 4.78 is 11.8. The van der Waals surface area contributed by atoms with Crippen molar-refractivity contribution in [2.45, 2.75) is 51.4 Å². The molecule has 0 bridgehead atoms. The predicted molar refractivity (Wildman–Crippen MR) is 151 cm³/mol. The van der Waals surface area contributed by atoms with Gasteiger partial charge in [0.25, 0.3) is 5.91 Å². The number of benzene rings is 3. The van der Waals surface area contributed by atoms with Crippen LogP contribution in [0.1, 0.15) is 59.8 Å². The fourth-order valence-electron chi connectivity index (χ4n) is 5.25. The SMILES string of the molecule is CC[C@@H](C)Oc1cc2c(cc1OC)CC(=O)N(c1ccc(C(=O)N3CCC(O)C3)cc1)C2c1ccc(Cl)cc1. The summed E-state index contributed by atoms with van der Waals surface area (Å²) >= 11 is 6.21. The first kappa shape index (κ1) is 27.0. The van der Waals surface area contributed by atoms with Gasteiger partial charge in [-0.1, -0.05) is 30.7 Å². The Morgan fingerprint density at radius 2 is 1.82 bits per heavy atom. The van der Waals surface area contributed by atoms with Gasteiger partial charge in [0.15, 0.2) is 11.5 Å². The number of rotatable bonds is 7. The van der Waals surface area contributed by atoms with Gasteiger partial charge in [-0.25, -0.2) is 0 Å². The summed E-state index contributed by atoms with van der Waals surface area (Å²) in [6.45, 7) is 4.95. The molecule has 3 aromatic carbocycles. The molecule has 0 spiro atoms. The van der Waals surface area contributed by atoms with Crippen molar-refractivity contribution in [1.82, 2.24) is 4.90 Å². The van der Waals surface area contributed by atoms with Gasteiger partial charge in [-0.2, -0.15) is 0 Å². The van der Waals surface area contributed by atoms with Gasteiger partial charge in [-0.15, -0.1) is 0 Å². The maximum absolute atomic E-state index is 13.7. The second-order valence-corrected chi connectivity index (χ2v) is 10.6. The number of hydrogen-bond donors (Lipinski definition) is 1. The van der Waals surface area contributed by atoms with Crippen LogP contribution in [0.25, 0.3) is 0 Å². The van der Waals surface area contributed by atoms with E-state index in [-0.39, 0.29) is 24.3 Å². The maximum atomic E-state index is 13.7. The van der Waals surface area contributed by atoms with Gasteiger partial charge in [0, 0.05) is 29.4 Å². The molecule has 204 valence electrons. The molecule has 3 aromatic rings. The van der Waals surface area contributed by atoms with E-state index in [0.717, 1.165) is 23.1 Å². The molecule has 2 aliphatic heterocycles. The zero-order valence-corrected chi connectivity index (χ0v) is 23.1. The number of nitrogens with zero attached hydrogens (tertiary/aromatic N) is 2. The van der Waals surface area contributed by atoms with Crippen molar-refractivity contribution in [2.75, 3.05) is 25.1 Å². The Morgan fingerprint density at radius 1 is 1.10 bits per heavy atom. The van der Waals surface area contributed by atoms with Gasteiger partial charge in [0.1, 0.15) is 0 Å². The lowest BCUT2D eigenvalue weighted by Gasteiger charge is -2.38. The van der Waals surface area contributed by atoms with Crippen molar-refractivity contribution in [3.05, 3.63) is 87.9 Å². The number of methoxy groups -OCH3 is 1. The van der Waals surface area contributed by atoms with Crippen molar-refractivity contribution < 1.29 is 24.2 Å². The average molecular weight is 549 g/mol. The molecule has 3 atom stereocenters. The summed E-state index contributed by atoms with van der Waals surface area (Å²) in [7, 11) is 1.60. The molecule has 0 aliphatic carbocycles. The van der Waals surface area contributed by atoms with Crippen molar-refractivity contribution in [1.29, 1.82) is 0 Å². The number of likely N-dealkylation sites (tertiary alicyclic amines) is 1. The highest BCUT2D eigenvalue weighted by Gasteiger charge is 2.36. The number of ether oxygens (including phenoxy) is 2. The van der Waals surface area contributed by atoms with E-state index in [1.165, 1.54) is 0 Å². The normalized spacial score (nSPS) is 19.6. The number of fused-ring (bicyclic) bond motifs is 1. The maximum Gasteiger partial charge on any atom is 0.253 e. The fraction of sp³-hybridized carbons (Fsp3) is 0.355. The number of halogens is 1. The number of carbonyl (C=O) groups is 2. The highest BCUT2D eigenvalue weighted by atomic mass is 35.5. The molecule has 1 saturated heterocycles. The summed E-state index contributed by atoms with van der Waals surface area (Å²) in [4.78, 5) is 30.1. The molecule has 0 radical (unpaired) electrons. The number of hydrogen-bond acceptors (Lipinski definition) is 5. The highest BCUT2D eigenvalue weighted by molar-refractivity contribution is 6.30. The summed E-state index contributed by atoms with van der Waals surface area (Å²) in [6.07, 6.45) is 1.14. The van der Waals surface area contributed by atoms with Gasteiger partial charge in [-0.05, 0) is 85.0 Å². The van der Waals surface area contributed by atoms with Crippen molar-refractivity contribution >= 4 is 29.1 Å². The van der Waals surface area contributed by atoms with Crippen LogP contribution in [0.5, 0.6) is 11.5 Å². The van der Waals surface area contributed by atoms with Gasteiger partial charge >= 0.3 is 0 Å². The van der Waals surface area contributed by atoms with Crippen LogP contribution in [0, 0.1) is 0 Å². The minimum atomic E-state index is -0.479. The lowest BCUT2D eigenvalue weighted by Crippen LogP contribution is -2.41. The van der Waals surface area contributed by atoms with Crippen LogP contribution in [0.2, 0.25) is 5.02 Å². The Bertz CT molecular complexity index is 1360. The van der Waals surface area contributed by atoms with E-state index in [1.54, 1.807) is 29.0 Å². The molecule has 7 nitrogen and oxygen atoms in total. The van der Waals surface area contributed by atoms with Gasteiger partial charge < -0.3 is 24.4 Å². The van der Waals surface area contributed by atoms with E-state index >= 15 is 0 Å². The Kier molecular flexibility index (Phi) is 7.82. The third-order valence-electron chi connectivity index (χ3n) is 7.52. The van der Waals surface area contributed by atoms with Crippen LogP contribution in [0.15, 0.2) is 60.7 Å². The second-order valence-electron chi connectivity index (χ2n) is 10.2. The molecule has 39 heavy (non-hydrogen) atoms. The molecule has 8 heteroatoms. The third-order valence-corrected chi connectivity index (χ3v) is 7.77. The number of carbonyl (C=O) groups excluding carboxylic acids is 2. The monoisotopic (exact) mass is 548 g/mol. The quantitative estimate of drug-likeness (QED) is 0.427. The molecule has 2 aliphatic rings. The Labute approximate surface area is 233 Å². The van der Waals surface area contributed by atoms with Gasteiger partial charge in [0.05, 0.1) is 31.8 Å². The minimum Gasteiger partial charge on any atom is -0.493 e. The van der Waals surface area contributed by atoms with Gasteiger partial charge in [-0.3, -0.25) is 9.59 Å². The zero-order chi connectivity index (χ0) is 27.7. The number of anilines is 1. The Hall–Kier alpha value is -3.55. The smallest absolute Gasteiger partial charge is 0.253 e. The first-order valence-electron chi connectivity index (χ1n) is 13.3.